The summed E-state index contributed by atoms with van der Waals surface area (Å²) in [4.78, 5) is 23.8. The monoisotopic (exact) mass is 241 g/mol. The molecular formula is C14H27NO2. The number of hydrogen-bond acceptors (Lipinski definition) is 2. The molecule has 0 saturated heterocycles. The highest BCUT2D eigenvalue weighted by molar-refractivity contribution is 5.98. The molecule has 3 nitrogen and oxygen atoms in total. The zero-order valence-electron chi connectivity index (χ0n) is 12.3. The molecule has 2 atom stereocenters. The first-order chi connectivity index (χ1) is 7.61. The lowest BCUT2D eigenvalue weighted by Gasteiger charge is -2.26. The molecule has 0 bridgehead atoms. The Hall–Kier alpha value is -0.860. The first kappa shape index (κ1) is 16.1. The Balaban J connectivity index is 4.63. The third kappa shape index (κ3) is 4.88. The normalized spacial score (nSPS) is 15.5. The summed E-state index contributed by atoms with van der Waals surface area (Å²) in [5.41, 5.74) is -0.519. The zero-order chi connectivity index (χ0) is 13.8. The summed E-state index contributed by atoms with van der Waals surface area (Å²) >= 11 is 0. The van der Waals surface area contributed by atoms with Gasteiger partial charge in [-0.2, -0.15) is 0 Å². The second-order valence-electron chi connectivity index (χ2n) is 6.19. The van der Waals surface area contributed by atoms with E-state index in [-0.39, 0.29) is 23.7 Å². The van der Waals surface area contributed by atoms with E-state index in [4.69, 9.17) is 0 Å². The molecule has 0 radical (unpaired) electrons. The van der Waals surface area contributed by atoms with E-state index in [2.05, 4.69) is 26.1 Å². The van der Waals surface area contributed by atoms with Gasteiger partial charge in [-0.3, -0.25) is 14.9 Å². The lowest BCUT2D eigenvalue weighted by atomic mass is 9.82. The predicted molar refractivity (Wildman–Crippen MR) is 70.4 cm³/mol. The minimum absolute atomic E-state index is 0.0821. The van der Waals surface area contributed by atoms with Crippen LogP contribution in [0.1, 0.15) is 54.9 Å². The summed E-state index contributed by atoms with van der Waals surface area (Å²) in [6.45, 7) is 13.7. The number of carbonyl (C=O) groups excluding carboxylic acids is 2. The van der Waals surface area contributed by atoms with Gasteiger partial charge in [0, 0.05) is 11.3 Å². The van der Waals surface area contributed by atoms with Gasteiger partial charge in [0.05, 0.1) is 0 Å². The van der Waals surface area contributed by atoms with E-state index in [1.807, 2.05) is 27.7 Å². The summed E-state index contributed by atoms with van der Waals surface area (Å²) in [6, 6.07) is 0. The Bertz CT molecular complexity index is 276. The summed E-state index contributed by atoms with van der Waals surface area (Å²) in [5.74, 6) is 0.315. The third-order valence-corrected chi connectivity index (χ3v) is 3.38. The van der Waals surface area contributed by atoms with Crippen LogP contribution in [0.2, 0.25) is 0 Å². The van der Waals surface area contributed by atoms with Gasteiger partial charge >= 0.3 is 0 Å². The van der Waals surface area contributed by atoms with Gasteiger partial charge in [0.2, 0.25) is 11.8 Å². The molecule has 100 valence electrons. The molecule has 0 unspecified atom stereocenters. The van der Waals surface area contributed by atoms with E-state index in [9.17, 15) is 9.59 Å². The highest BCUT2D eigenvalue weighted by atomic mass is 16.2. The van der Waals surface area contributed by atoms with Gasteiger partial charge in [0.25, 0.3) is 0 Å². The molecule has 0 aliphatic rings. The average Bonchev–Trinajstić information content (AvgIpc) is 2.16. The summed E-state index contributed by atoms with van der Waals surface area (Å²) in [7, 11) is 0. The highest BCUT2D eigenvalue weighted by Gasteiger charge is 2.29. The Kier molecular flexibility index (Phi) is 5.86. The van der Waals surface area contributed by atoms with Crippen molar-refractivity contribution in [1.82, 2.24) is 5.32 Å². The van der Waals surface area contributed by atoms with Gasteiger partial charge in [-0.15, -0.1) is 0 Å². The average molecular weight is 241 g/mol. The maximum Gasteiger partial charge on any atom is 0.231 e. The SMILES string of the molecule is CC[C@H](C(=O)NC(=O)C(C)(C)C)[C@@H](C)C(C)C. The number of imide groups is 1. The molecule has 0 saturated carbocycles. The summed E-state index contributed by atoms with van der Waals surface area (Å²) in [5, 5.41) is 2.53. The van der Waals surface area contributed by atoms with Crippen molar-refractivity contribution in [2.24, 2.45) is 23.2 Å². The molecule has 0 aliphatic heterocycles. The molecule has 0 aliphatic carbocycles. The fourth-order valence-corrected chi connectivity index (χ4v) is 1.65. The smallest absolute Gasteiger partial charge is 0.231 e. The molecule has 0 aromatic carbocycles. The Morgan fingerprint density at radius 2 is 1.59 bits per heavy atom. The van der Waals surface area contributed by atoms with Crippen molar-refractivity contribution in [2.75, 3.05) is 0 Å². The number of nitrogens with one attached hydrogen (secondary N) is 1. The van der Waals surface area contributed by atoms with Crippen molar-refractivity contribution >= 4 is 11.8 Å². The van der Waals surface area contributed by atoms with Crippen LogP contribution in [0, 0.1) is 23.2 Å². The van der Waals surface area contributed by atoms with E-state index >= 15 is 0 Å². The largest absolute Gasteiger partial charge is 0.296 e. The summed E-state index contributed by atoms with van der Waals surface area (Å²) < 4.78 is 0. The molecular weight excluding hydrogens is 214 g/mol. The van der Waals surface area contributed by atoms with Crippen LogP contribution in [-0.2, 0) is 9.59 Å². The van der Waals surface area contributed by atoms with Crippen molar-refractivity contribution in [3.63, 3.8) is 0 Å². The van der Waals surface area contributed by atoms with Crippen LogP contribution in [-0.4, -0.2) is 11.8 Å². The second-order valence-corrected chi connectivity index (χ2v) is 6.19. The Morgan fingerprint density at radius 3 is 1.88 bits per heavy atom. The van der Waals surface area contributed by atoms with Crippen molar-refractivity contribution in [2.45, 2.75) is 54.9 Å². The topological polar surface area (TPSA) is 46.2 Å². The lowest BCUT2D eigenvalue weighted by molar-refractivity contribution is -0.138. The first-order valence-corrected chi connectivity index (χ1v) is 6.46. The van der Waals surface area contributed by atoms with Crippen LogP contribution in [0.4, 0.5) is 0 Å². The van der Waals surface area contributed by atoms with Gasteiger partial charge in [-0.25, -0.2) is 0 Å². The second kappa shape index (κ2) is 6.18. The number of amides is 2. The van der Waals surface area contributed by atoms with Crippen LogP contribution < -0.4 is 5.32 Å². The van der Waals surface area contributed by atoms with E-state index < -0.39 is 5.41 Å². The highest BCUT2D eigenvalue weighted by Crippen LogP contribution is 2.24. The quantitative estimate of drug-likeness (QED) is 0.822. The Labute approximate surface area is 105 Å². The third-order valence-electron chi connectivity index (χ3n) is 3.38. The summed E-state index contributed by atoms with van der Waals surface area (Å²) in [6.07, 6.45) is 0.766. The van der Waals surface area contributed by atoms with Crippen molar-refractivity contribution in [3.8, 4) is 0 Å². The van der Waals surface area contributed by atoms with Crippen LogP contribution in [0.25, 0.3) is 0 Å². The van der Waals surface area contributed by atoms with Gasteiger partial charge in [-0.05, 0) is 18.3 Å². The van der Waals surface area contributed by atoms with Crippen molar-refractivity contribution < 1.29 is 9.59 Å². The fraction of sp³-hybridized carbons (Fsp3) is 0.857. The van der Waals surface area contributed by atoms with Crippen LogP contribution >= 0.6 is 0 Å². The molecule has 3 heteroatoms. The molecule has 0 fully saturated rings. The molecule has 0 aromatic rings. The van der Waals surface area contributed by atoms with Crippen molar-refractivity contribution in [1.29, 1.82) is 0 Å². The van der Waals surface area contributed by atoms with Crippen molar-refractivity contribution in [3.05, 3.63) is 0 Å². The van der Waals surface area contributed by atoms with Gasteiger partial charge in [0.15, 0.2) is 0 Å². The van der Waals surface area contributed by atoms with E-state index in [0.29, 0.717) is 5.92 Å². The van der Waals surface area contributed by atoms with Crippen LogP contribution in [0.5, 0.6) is 0 Å². The van der Waals surface area contributed by atoms with E-state index in [1.54, 1.807) is 0 Å². The standard InChI is InChI=1S/C14H27NO2/c1-8-11(10(4)9(2)3)12(16)15-13(17)14(5,6)7/h9-11H,8H2,1-7H3,(H,15,16,17)/t10-,11-/m0/s1. The number of rotatable bonds is 4. The van der Waals surface area contributed by atoms with Gasteiger partial charge < -0.3 is 0 Å². The fourth-order valence-electron chi connectivity index (χ4n) is 1.65. The first-order valence-electron chi connectivity index (χ1n) is 6.46. The van der Waals surface area contributed by atoms with Crippen LogP contribution in [0.3, 0.4) is 0 Å². The molecule has 2 amide bonds. The predicted octanol–water partition coefficient (Wildman–Crippen LogP) is 2.99. The molecule has 17 heavy (non-hydrogen) atoms. The minimum atomic E-state index is -0.519. The van der Waals surface area contributed by atoms with Gasteiger partial charge in [-0.1, -0.05) is 48.5 Å². The molecule has 0 rings (SSSR count). The zero-order valence-corrected chi connectivity index (χ0v) is 12.3. The lowest BCUT2D eigenvalue weighted by Crippen LogP contribution is -2.43. The van der Waals surface area contributed by atoms with Crippen LogP contribution in [0.15, 0.2) is 0 Å². The minimum Gasteiger partial charge on any atom is -0.296 e. The maximum atomic E-state index is 12.0. The number of hydrogen-bond donors (Lipinski definition) is 1. The van der Waals surface area contributed by atoms with E-state index in [0.717, 1.165) is 6.42 Å². The molecule has 0 heterocycles. The molecule has 1 N–H and O–H groups in total. The maximum absolute atomic E-state index is 12.0. The Morgan fingerprint density at radius 1 is 1.12 bits per heavy atom. The van der Waals surface area contributed by atoms with Gasteiger partial charge in [0.1, 0.15) is 0 Å². The number of carbonyl (C=O) groups is 2. The molecule has 0 spiro atoms. The van der Waals surface area contributed by atoms with E-state index in [1.165, 1.54) is 0 Å². The molecule has 0 aromatic heterocycles.